The highest BCUT2D eigenvalue weighted by Crippen LogP contribution is 2.50. The van der Waals surface area contributed by atoms with Crippen molar-refractivity contribution < 1.29 is 4.58 Å². The Morgan fingerprint density at radius 1 is 0.872 bits per heavy atom. The summed E-state index contributed by atoms with van der Waals surface area (Å²) in [7, 11) is 4.44. The van der Waals surface area contributed by atoms with Crippen molar-refractivity contribution in [2.75, 3.05) is 19.0 Å². The number of aryl methyl sites for hydroxylation is 1. The lowest BCUT2D eigenvalue weighted by atomic mass is 9.73. The molecule has 0 saturated carbocycles. The topological polar surface area (TPSA) is 6.25 Å². The summed E-state index contributed by atoms with van der Waals surface area (Å²) in [4.78, 5) is 2.39. The molecular formula is C37H39N2+. The zero-order valence-electron chi connectivity index (χ0n) is 24.1. The third-order valence-corrected chi connectivity index (χ3v) is 9.40. The van der Waals surface area contributed by atoms with Gasteiger partial charge in [0.15, 0.2) is 5.71 Å². The van der Waals surface area contributed by atoms with E-state index in [0.29, 0.717) is 0 Å². The predicted octanol–water partition coefficient (Wildman–Crippen LogP) is 8.63. The Kier molecular flexibility index (Phi) is 6.10. The molecule has 0 fully saturated rings. The van der Waals surface area contributed by atoms with Crippen molar-refractivity contribution >= 4 is 27.9 Å². The number of hydrogen-bond donors (Lipinski definition) is 0. The van der Waals surface area contributed by atoms with Gasteiger partial charge in [0.05, 0.1) is 5.41 Å². The molecule has 0 amide bonds. The predicted molar refractivity (Wildman–Crippen MR) is 167 cm³/mol. The first-order valence-electron chi connectivity index (χ1n) is 14.2. The van der Waals surface area contributed by atoms with E-state index in [4.69, 9.17) is 0 Å². The number of hydrogen-bond acceptors (Lipinski definition) is 1. The maximum Gasteiger partial charge on any atom is 0.210 e. The zero-order valence-corrected chi connectivity index (χ0v) is 24.1. The van der Waals surface area contributed by atoms with Crippen molar-refractivity contribution in [1.82, 2.24) is 0 Å². The standard InChI is InChI=1S/C37H39N2/c1-7-36(3)30-24-26(2)20-22-31(30)38(5)33(36)18-13-19-34-37(4,25-27-14-9-8-10-15-27)35-29-17-12-11-16-28(29)21-23-32(35)39(34)6/h8-24H,7,25H2,1-6H3/q+1. The Balaban J connectivity index is 1.46. The average Bonchev–Trinajstić information content (AvgIpc) is 3.29. The quantitative estimate of drug-likeness (QED) is 0.243. The maximum atomic E-state index is 2.43. The number of rotatable bonds is 5. The lowest BCUT2D eigenvalue weighted by Gasteiger charge is -2.27. The number of likely N-dealkylation sites (N-methyl/N-ethyl adjacent to an activating group) is 1. The number of allylic oxidation sites excluding steroid dienone is 4. The third-order valence-electron chi connectivity index (χ3n) is 9.40. The van der Waals surface area contributed by atoms with Crippen molar-refractivity contribution in [1.29, 1.82) is 0 Å². The van der Waals surface area contributed by atoms with E-state index < -0.39 is 0 Å². The van der Waals surface area contributed by atoms with E-state index in [-0.39, 0.29) is 10.8 Å². The van der Waals surface area contributed by atoms with Gasteiger partial charge < -0.3 is 4.90 Å². The fourth-order valence-electron chi connectivity index (χ4n) is 7.15. The second-order valence-electron chi connectivity index (χ2n) is 11.8. The molecule has 2 unspecified atom stereocenters. The minimum atomic E-state index is -0.156. The Hall–Kier alpha value is -3.91. The summed E-state index contributed by atoms with van der Waals surface area (Å²) in [5.74, 6) is 0. The van der Waals surface area contributed by atoms with Gasteiger partial charge in [-0.25, -0.2) is 0 Å². The van der Waals surface area contributed by atoms with Gasteiger partial charge in [-0.2, -0.15) is 4.58 Å². The Morgan fingerprint density at radius 3 is 2.38 bits per heavy atom. The van der Waals surface area contributed by atoms with Crippen LogP contribution < -0.4 is 4.90 Å². The number of benzene rings is 4. The number of nitrogens with zero attached hydrogens (tertiary/aromatic N) is 2. The van der Waals surface area contributed by atoms with Gasteiger partial charge in [-0.3, -0.25) is 0 Å². The molecule has 0 radical (unpaired) electrons. The normalized spacial score (nSPS) is 23.3. The van der Waals surface area contributed by atoms with Gasteiger partial charge in [0, 0.05) is 41.6 Å². The summed E-state index contributed by atoms with van der Waals surface area (Å²) in [5, 5.41) is 2.65. The van der Waals surface area contributed by atoms with E-state index in [1.54, 1.807) is 0 Å². The summed E-state index contributed by atoms with van der Waals surface area (Å²) in [6.45, 7) is 9.32. The molecule has 2 heterocycles. The van der Waals surface area contributed by atoms with E-state index >= 15 is 0 Å². The van der Waals surface area contributed by atoms with E-state index in [2.05, 4.69) is 154 Å². The molecule has 0 aromatic heterocycles. The third kappa shape index (κ3) is 3.88. The lowest BCUT2D eigenvalue weighted by molar-refractivity contribution is -0.401. The molecule has 0 bridgehead atoms. The van der Waals surface area contributed by atoms with Gasteiger partial charge in [-0.1, -0.05) is 85.3 Å². The van der Waals surface area contributed by atoms with Crippen LogP contribution in [-0.2, 0) is 17.3 Å². The van der Waals surface area contributed by atoms with E-state index in [1.165, 1.54) is 55.8 Å². The molecule has 2 atom stereocenters. The van der Waals surface area contributed by atoms with Crippen LogP contribution in [0.2, 0.25) is 0 Å². The molecule has 2 nitrogen and oxygen atoms in total. The molecule has 0 aliphatic carbocycles. The second-order valence-corrected chi connectivity index (χ2v) is 11.8. The molecule has 6 rings (SSSR count). The van der Waals surface area contributed by atoms with Crippen molar-refractivity contribution in [3.8, 4) is 0 Å². The van der Waals surface area contributed by atoms with Gasteiger partial charge in [0.25, 0.3) is 0 Å². The molecular weight excluding hydrogens is 472 g/mol. The highest BCUT2D eigenvalue weighted by molar-refractivity contribution is 6.08. The van der Waals surface area contributed by atoms with Crippen LogP contribution >= 0.6 is 0 Å². The van der Waals surface area contributed by atoms with Crippen molar-refractivity contribution in [3.05, 3.63) is 131 Å². The first-order chi connectivity index (χ1) is 18.8. The van der Waals surface area contributed by atoms with E-state index in [0.717, 1.165) is 12.8 Å². The molecule has 196 valence electrons. The molecule has 0 spiro atoms. The lowest BCUT2D eigenvalue weighted by Crippen LogP contribution is -2.33. The monoisotopic (exact) mass is 511 g/mol. The minimum absolute atomic E-state index is 0.000798. The zero-order chi connectivity index (χ0) is 27.4. The largest absolute Gasteiger partial charge is 0.347 e. The van der Waals surface area contributed by atoms with Gasteiger partial charge in [0.2, 0.25) is 5.69 Å². The first-order valence-corrected chi connectivity index (χ1v) is 14.2. The first kappa shape index (κ1) is 25.4. The van der Waals surface area contributed by atoms with Crippen LogP contribution in [0.1, 0.15) is 49.4 Å². The highest BCUT2D eigenvalue weighted by Gasteiger charge is 2.48. The van der Waals surface area contributed by atoms with Crippen LogP contribution in [0.4, 0.5) is 11.4 Å². The fraction of sp³-hybridized carbons (Fsp3) is 0.270. The molecule has 0 N–H and O–H groups in total. The van der Waals surface area contributed by atoms with Crippen LogP contribution in [0, 0.1) is 6.92 Å². The van der Waals surface area contributed by atoms with Crippen LogP contribution in [0.3, 0.4) is 0 Å². The Morgan fingerprint density at radius 2 is 1.62 bits per heavy atom. The van der Waals surface area contributed by atoms with Gasteiger partial charge in [-0.15, -0.1) is 0 Å². The van der Waals surface area contributed by atoms with Gasteiger partial charge in [0.1, 0.15) is 7.05 Å². The van der Waals surface area contributed by atoms with Crippen molar-refractivity contribution in [3.63, 3.8) is 0 Å². The summed E-state index contributed by atoms with van der Waals surface area (Å²) >= 11 is 0. The molecule has 4 aromatic rings. The fourth-order valence-corrected chi connectivity index (χ4v) is 7.15. The van der Waals surface area contributed by atoms with Crippen LogP contribution in [0.15, 0.2) is 109 Å². The van der Waals surface area contributed by atoms with Gasteiger partial charge in [-0.05, 0) is 73.7 Å². The van der Waals surface area contributed by atoms with Crippen LogP contribution in [-0.4, -0.2) is 24.4 Å². The SMILES string of the molecule is CCC1(C)C(=CC=CC2=[N+](C)c3ccc4ccccc4c3C2(C)Cc2ccccc2)N(C)c2ccc(C)cc21. The summed E-state index contributed by atoms with van der Waals surface area (Å²) in [6, 6.07) is 31.2. The smallest absolute Gasteiger partial charge is 0.210 e. The molecule has 2 aliphatic rings. The minimum Gasteiger partial charge on any atom is -0.347 e. The van der Waals surface area contributed by atoms with Crippen molar-refractivity contribution in [2.24, 2.45) is 0 Å². The number of anilines is 1. The summed E-state index contributed by atoms with van der Waals surface area (Å²) in [5.41, 5.74) is 10.7. The van der Waals surface area contributed by atoms with Crippen LogP contribution in [0.25, 0.3) is 10.8 Å². The van der Waals surface area contributed by atoms with E-state index in [9.17, 15) is 0 Å². The number of fused-ring (bicyclic) bond motifs is 4. The molecule has 2 heteroatoms. The average molecular weight is 512 g/mol. The molecule has 4 aromatic carbocycles. The molecule has 2 aliphatic heterocycles. The second kappa shape index (κ2) is 9.38. The van der Waals surface area contributed by atoms with Crippen LogP contribution in [0.5, 0.6) is 0 Å². The Labute approximate surface area is 233 Å². The Bertz CT molecular complexity index is 1670. The maximum absolute atomic E-state index is 2.43. The highest BCUT2D eigenvalue weighted by atomic mass is 15.2. The van der Waals surface area contributed by atoms with Gasteiger partial charge >= 0.3 is 0 Å². The molecule has 0 saturated heterocycles. The molecule has 39 heavy (non-hydrogen) atoms. The summed E-state index contributed by atoms with van der Waals surface area (Å²) < 4.78 is 2.41. The van der Waals surface area contributed by atoms with E-state index in [1.807, 2.05) is 0 Å². The van der Waals surface area contributed by atoms with Crippen molar-refractivity contribution in [2.45, 2.75) is 51.4 Å². The summed E-state index contributed by atoms with van der Waals surface area (Å²) in [6.07, 6.45) is 9.02.